The van der Waals surface area contributed by atoms with E-state index >= 15 is 0 Å². The predicted octanol–water partition coefficient (Wildman–Crippen LogP) is 3.14. The van der Waals surface area contributed by atoms with E-state index in [4.69, 9.17) is 4.42 Å². The van der Waals surface area contributed by atoms with Crippen molar-refractivity contribution in [3.63, 3.8) is 0 Å². The van der Waals surface area contributed by atoms with Crippen LogP contribution in [0.15, 0.2) is 16.7 Å². The first kappa shape index (κ1) is 10.8. The summed E-state index contributed by atoms with van der Waals surface area (Å²) in [6.07, 6.45) is 8.17. The summed E-state index contributed by atoms with van der Waals surface area (Å²) in [5.74, 6) is 0.794. The molecule has 2 aromatic heterocycles. The molecule has 1 saturated carbocycles. The van der Waals surface area contributed by atoms with Gasteiger partial charge < -0.3 is 9.73 Å². The zero-order valence-electron chi connectivity index (χ0n) is 10.2. The molecule has 2 aromatic rings. The summed E-state index contributed by atoms with van der Waals surface area (Å²) in [7, 11) is 0. The Morgan fingerprint density at radius 3 is 3.17 bits per heavy atom. The number of fused-ring (bicyclic) bond motifs is 1. The van der Waals surface area contributed by atoms with E-state index in [2.05, 4.69) is 16.4 Å². The van der Waals surface area contributed by atoms with Gasteiger partial charge in [0.2, 0.25) is 5.89 Å². The third kappa shape index (κ3) is 1.99. The highest BCUT2D eigenvalue weighted by Gasteiger charge is 2.21. The Hall–Kier alpha value is -1.13. The molecule has 1 fully saturated rings. The number of hydrogen-bond acceptors (Lipinski definition) is 4. The van der Waals surface area contributed by atoms with Gasteiger partial charge in [-0.05, 0) is 43.7 Å². The normalized spacial score (nSPS) is 18.2. The molecule has 0 bridgehead atoms. The van der Waals surface area contributed by atoms with Crippen molar-refractivity contribution < 1.29 is 4.42 Å². The number of nitrogens with zero attached hydrogens (tertiary/aromatic N) is 1. The van der Waals surface area contributed by atoms with Gasteiger partial charge in [0.15, 0.2) is 0 Å². The monoisotopic (exact) mass is 260 g/mol. The van der Waals surface area contributed by atoms with E-state index < -0.39 is 0 Å². The molecule has 2 heterocycles. The molecule has 2 aliphatic carbocycles. The number of aryl methyl sites for hydroxylation is 2. The number of oxazole rings is 1. The minimum absolute atomic E-state index is 0.718. The Bertz CT molecular complexity index is 547. The van der Waals surface area contributed by atoms with E-state index in [-0.39, 0.29) is 0 Å². The van der Waals surface area contributed by atoms with Crippen molar-refractivity contribution in [2.75, 3.05) is 0 Å². The van der Waals surface area contributed by atoms with Crippen molar-refractivity contribution in [1.82, 2.24) is 10.3 Å². The Morgan fingerprint density at radius 1 is 1.39 bits per heavy atom. The SMILES string of the molecule is c1oc(-c2cc3c(s2)CCC3)nc1CNC1CC1. The van der Waals surface area contributed by atoms with Crippen molar-refractivity contribution in [3.8, 4) is 10.8 Å². The van der Waals surface area contributed by atoms with Crippen molar-refractivity contribution >= 4 is 11.3 Å². The van der Waals surface area contributed by atoms with E-state index in [1.54, 1.807) is 6.26 Å². The average molecular weight is 260 g/mol. The number of hydrogen-bond donors (Lipinski definition) is 1. The molecule has 4 rings (SSSR count). The molecule has 2 aliphatic rings. The summed E-state index contributed by atoms with van der Waals surface area (Å²) in [5, 5.41) is 3.46. The van der Waals surface area contributed by atoms with Crippen molar-refractivity contribution in [3.05, 3.63) is 28.5 Å². The largest absolute Gasteiger partial charge is 0.444 e. The topological polar surface area (TPSA) is 38.1 Å². The second kappa shape index (κ2) is 4.21. The summed E-state index contributed by atoms with van der Waals surface area (Å²) in [4.78, 5) is 7.29. The molecular weight excluding hydrogens is 244 g/mol. The van der Waals surface area contributed by atoms with Gasteiger partial charge in [-0.15, -0.1) is 11.3 Å². The van der Waals surface area contributed by atoms with Gasteiger partial charge in [-0.25, -0.2) is 4.98 Å². The lowest BCUT2D eigenvalue weighted by molar-refractivity contribution is 0.571. The van der Waals surface area contributed by atoms with Crippen LogP contribution >= 0.6 is 11.3 Å². The van der Waals surface area contributed by atoms with Crippen molar-refractivity contribution in [1.29, 1.82) is 0 Å². The number of thiophene rings is 1. The van der Waals surface area contributed by atoms with Crippen LogP contribution in [0.3, 0.4) is 0 Å². The number of nitrogens with one attached hydrogen (secondary N) is 1. The summed E-state index contributed by atoms with van der Waals surface area (Å²) in [6.45, 7) is 0.833. The molecule has 4 heteroatoms. The number of rotatable bonds is 4. The van der Waals surface area contributed by atoms with Gasteiger partial charge in [-0.1, -0.05) is 0 Å². The van der Waals surface area contributed by atoms with Crippen LogP contribution in [0.5, 0.6) is 0 Å². The van der Waals surface area contributed by atoms with Gasteiger partial charge in [-0.2, -0.15) is 0 Å². The second-order valence-electron chi connectivity index (χ2n) is 5.21. The molecule has 1 N–H and O–H groups in total. The molecule has 0 atom stereocenters. The van der Waals surface area contributed by atoms with Crippen LogP contribution in [0.2, 0.25) is 0 Å². The lowest BCUT2D eigenvalue weighted by atomic mass is 10.2. The van der Waals surface area contributed by atoms with Crippen LogP contribution in [-0.4, -0.2) is 11.0 Å². The Balaban J connectivity index is 1.52. The first-order chi connectivity index (χ1) is 8.88. The standard InChI is InChI=1S/C14H16N2OS/c1-2-9-6-13(18-12(9)3-1)14-16-11(8-17-14)7-15-10-4-5-10/h6,8,10,15H,1-5,7H2. The maximum absolute atomic E-state index is 5.60. The highest BCUT2D eigenvalue weighted by molar-refractivity contribution is 7.15. The average Bonchev–Trinajstić information content (AvgIpc) is 2.79. The quantitative estimate of drug-likeness (QED) is 0.917. The fourth-order valence-electron chi connectivity index (χ4n) is 2.47. The zero-order valence-corrected chi connectivity index (χ0v) is 11.1. The second-order valence-corrected chi connectivity index (χ2v) is 6.35. The minimum Gasteiger partial charge on any atom is -0.444 e. The van der Waals surface area contributed by atoms with Crippen LogP contribution in [0.25, 0.3) is 10.8 Å². The molecule has 0 radical (unpaired) electrons. The smallest absolute Gasteiger partial charge is 0.236 e. The Kier molecular flexibility index (Phi) is 2.52. The van der Waals surface area contributed by atoms with E-state index in [1.165, 1.54) is 47.4 Å². The fourth-order valence-corrected chi connectivity index (χ4v) is 3.66. The van der Waals surface area contributed by atoms with Crippen LogP contribution in [0.4, 0.5) is 0 Å². The zero-order chi connectivity index (χ0) is 11.9. The molecule has 3 nitrogen and oxygen atoms in total. The molecule has 18 heavy (non-hydrogen) atoms. The van der Waals surface area contributed by atoms with Gasteiger partial charge in [0.25, 0.3) is 0 Å². The first-order valence-electron chi connectivity index (χ1n) is 6.68. The first-order valence-corrected chi connectivity index (χ1v) is 7.50. The Morgan fingerprint density at radius 2 is 2.33 bits per heavy atom. The maximum Gasteiger partial charge on any atom is 0.236 e. The molecule has 0 saturated heterocycles. The predicted molar refractivity (Wildman–Crippen MR) is 71.7 cm³/mol. The highest BCUT2D eigenvalue weighted by Crippen LogP contribution is 2.36. The van der Waals surface area contributed by atoms with Gasteiger partial charge in [-0.3, -0.25) is 0 Å². The summed E-state index contributed by atoms with van der Waals surface area (Å²) in [5.41, 5.74) is 2.52. The highest BCUT2D eigenvalue weighted by atomic mass is 32.1. The van der Waals surface area contributed by atoms with Crippen LogP contribution in [0, 0.1) is 0 Å². The minimum atomic E-state index is 0.718. The van der Waals surface area contributed by atoms with Crippen molar-refractivity contribution in [2.45, 2.75) is 44.7 Å². The summed E-state index contributed by atoms with van der Waals surface area (Å²) >= 11 is 1.85. The van der Waals surface area contributed by atoms with Gasteiger partial charge in [0.05, 0.1) is 10.6 Å². The molecule has 0 aliphatic heterocycles. The van der Waals surface area contributed by atoms with Crippen LogP contribution in [-0.2, 0) is 19.4 Å². The van der Waals surface area contributed by atoms with Gasteiger partial charge in [0.1, 0.15) is 6.26 Å². The molecule has 0 aromatic carbocycles. The summed E-state index contributed by atoms with van der Waals surface area (Å²) in [6, 6.07) is 2.98. The maximum atomic E-state index is 5.60. The molecular formula is C14H16N2OS. The molecule has 0 amide bonds. The van der Waals surface area contributed by atoms with E-state index in [0.717, 1.165) is 24.2 Å². The van der Waals surface area contributed by atoms with E-state index in [9.17, 15) is 0 Å². The van der Waals surface area contributed by atoms with Gasteiger partial charge in [0, 0.05) is 17.5 Å². The van der Waals surface area contributed by atoms with E-state index in [1.807, 2.05) is 11.3 Å². The third-order valence-corrected chi connectivity index (χ3v) is 4.88. The Labute approximate surface area is 110 Å². The van der Waals surface area contributed by atoms with Crippen molar-refractivity contribution in [2.24, 2.45) is 0 Å². The molecule has 0 unspecified atom stereocenters. The lowest BCUT2D eigenvalue weighted by Gasteiger charge is -1.96. The fraction of sp³-hybridized carbons (Fsp3) is 0.500. The summed E-state index contributed by atoms with van der Waals surface area (Å²) < 4.78 is 5.60. The lowest BCUT2D eigenvalue weighted by Crippen LogP contribution is -2.15. The van der Waals surface area contributed by atoms with Crippen LogP contribution < -0.4 is 5.32 Å². The molecule has 0 spiro atoms. The van der Waals surface area contributed by atoms with Gasteiger partial charge >= 0.3 is 0 Å². The van der Waals surface area contributed by atoms with Crippen LogP contribution in [0.1, 0.15) is 35.4 Å². The molecule has 94 valence electrons. The number of aromatic nitrogens is 1. The van der Waals surface area contributed by atoms with E-state index in [0.29, 0.717) is 0 Å². The third-order valence-electron chi connectivity index (χ3n) is 3.66.